The fourth-order valence-electron chi connectivity index (χ4n) is 1.85. The van der Waals surface area contributed by atoms with Crippen molar-refractivity contribution in [3.8, 4) is 11.5 Å². The molecular formula is C16H17F2NO. The topological polar surface area (TPSA) is 35.2 Å². The molecule has 0 aliphatic carbocycles. The molecule has 0 unspecified atom stereocenters. The van der Waals surface area contributed by atoms with Gasteiger partial charge in [0.05, 0.1) is 0 Å². The number of halogens is 2. The van der Waals surface area contributed by atoms with E-state index in [1.807, 2.05) is 25.1 Å². The van der Waals surface area contributed by atoms with E-state index in [-0.39, 0.29) is 11.4 Å². The Balaban J connectivity index is 2.42. The normalized spacial score (nSPS) is 10.9. The van der Waals surface area contributed by atoms with E-state index < -0.39 is 11.6 Å². The molecule has 2 rings (SSSR count). The third-order valence-electron chi connectivity index (χ3n) is 3.16. The molecule has 0 aliphatic rings. The Bertz CT molecular complexity index is 639. The monoisotopic (exact) mass is 277 g/mol. The summed E-state index contributed by atoms with van der Waals surface area (Å²) in [6.45, 7) is 5.99. The van der Waals surface area contributed by atoms with Gasteiger partial charge in [-0.15, -0.1) is 0 Å². The summed E-state index contributed by atoms with van der Waals surface area (Å²) in [5.41, 5.74) is 7.34. The number of nitrogens with two attached hydrogens (primary N) is 1. The van der Waals surface area contributed by atoms with Crippen LogP contribution < -0.4 is 10.5 Å². The number of nitrogen functional groups attached to an aromatic ring is 1. The number of aryl methyl sites for hydroxylation is 1. The highest BCUT2D eigenvalue weighted by Crippen LogP contribution is 2.33. The van der Waals surface area contributed by atoms with E-state index in [9.17, 15) is 8.78 Å². The average molecular weight is 277 g/mol. The fraction of sp³-hybridized carbons (Fsp3) is 0.250. The first-order chi connectivity index (χ1) is 9.38. The first kappa shape index (κ1) is 14.3. The summed E-state index contributed by atoms with van der Waals surface area (Å²) >= 11 is 0. The number of rotatable bonds is 3. The lowest BCUT2D eigenvalue weighted by Gasteiger charge is -2.14. The molecule has 0 aromatic heterocycles. The van der Waals surface area contributed by atoms with Gasteiger partial charge >= 0.3 is 0 Å². The second kappa shape index (κ2) is 5.49. The largest absolute Gasteiger partial charge is 0.455 e. The van der Waals surface area contributed by atoms with Crippen LogP contribution in [-0.4, -0.2) is 0 Å². The summed E-state index contributed by atoms with van der Waals surface area (Å²) in [5, 5.41) is 0. The Morgan fingerprint density at radius 2 is 1.75 bits per heavy atom. The third kappa shape index (κ3) is 2.90. The molecule has 2 nitrogen and oxygen atoms in total. The summed E-state index contributed by atoms with van der Waals surface area (Å²) in [6.07, 6.45) is 0. The molecule has 0 bridgehead atoms. The summed E-state index contributed by atoms with van der Waals surface area (Å²) in [6, 6.07) is 7.60. The van der Waals surface area contributed by atoms with E-state index in [2.05, 4.69) is 13.8 Å². The number of ether oxygens (including phenoxy) is 1. The van der Waals surface area contributed by atoms with Crippen molar-refractivity contribution in [1.82, 2.24) is 0 Å². The minimum absolute atomic E-state index is 0.00786. The number of benzene rings is 2. The van der Waals surface area contributed by atoms with Crippen LogP contribution in [0.5, 0.6) is 11.5 Å². The van der Waals surface area contributed by atoms with E-state index in [4.69, 9.17) is 10.5 Å². The molecule has 0 spiro atoms. The molecule has 4 heteroatoms. The van der Waals surface area contributed by atoms with Crippen LogP contribution in [0.15, 0.2) is 30.3 Å². The molecular weight excluding hydrogens is 260 g/mol. The number of anilines is 1. The number of hydrogen-bond donors (Lipinski definition) is 1. The average Bonchev–Trinajstić information content (AvgIpc) is 2.37. The lowest BCUT2D eigenvalue weighted by molar-refractivity contribution is 0.468. The van der Waals surface area contributed by atoms with Gasteiger partial charge in [-0.05, 0) is 30.0 Å². The van der Waals surface area contributed by atoms with Crippen molar-refractivity contribution in [2.24, 2.45) is 0 Å². The molecule has 0 aliphatic heterocycles. The van der Waals surface area contributed by atoms with Gasteiger partial charge in [-0.3, -0.25) is 0 Å². The third-order valence-corrected chi connectivity index (χ3v) is 3.16. The molecule has 0 fully saturated rings. The molecule has 0 atom stereocenters. The highest BCUT2D eigenvalue weighted by atomic mass is 19.1. The van der Waals surface area contributed by atoms with Crippen molar-refractivity contribution in [1.29, 1.82) is 0 Å². The Labute approximate surface area is 117 Å². The van der Waals surface area contributed by atoms with Crippen LogP contribution in [0.25, 0.3) is 0 Å². The summed E-state index contributed by atoms with van der Waals surface area (Å²) < 4.78 is 32.2. The molecule has 0 heterocycles. The second-order valence-corrected chi connectivity index (χ2v) is 5.08. The van der Waals surface area contributed by atoms with Gasteiger partial charge < -0.3 is 10.5 Å². The highest BCUT2D eigenvalue weighted by Gasteiger charge is 2.12. The fourth-order valence-corrected chi connectivity index (χ4v) is 1.85. The van der Waals surface area contributed by atoms with Crippen LogP contribution in [0, 0.1) is 18.6 Å². The van der Waals surface area contributed by atoms with Crippen LogP contribution in [0.4, 0.5) is 14.5 Å². The molecule has 20 heavy (non-hydrogen) atoms. The molecule has 0 radical (unpaired) electrons. The second-order valence-electron chi connectivity index (χ2n) is 5.08. The van der Waals surface area contributed by atoms with E-state index in [1.165, 1.54) is 0 Å². The molecule has 0 saturated carbocycles. The maximum Gasteiger partial charge on any atom is 0.156 e. The van der Waals surface area contributed by atoms with Gasteiger partial charge in [-0.1, -0.05) is 26.0 Å². The molecule has 0 saturated heterocycles. The summed E-state index contributed by atoms with van der Waals surface area (Å²) in [7, 11) is 0. The van der Waals surface area contributed by atoms with Gasteiger partial charge in [0.2, 0.25) is 0 Å². The predicted octanol–water partition coefficient (Wildman–Crippen LogP) is 4.77. The van der Waals surface area contributed by atoms with Crippen LogP contribution in [0.3, 0.4) is 0 Å². The van der Waals surface area contributed by atoms with Crippen molar-refractivity contribution >= 4 is 5.69 Å². The molecule has 2 N–H and O–H groups in total. The van der Waals surface area contributed by atoms with E-state index in [0.717, 1.165) is 23.3 Å². The first-order valence-corrected chi connectivity index (χ1v) is 6.41. The Hall–Kier alpha value is -2.10. The lowest BCUT2D eigenvalue weighted by atomic mass is 10.0. The van der Waals surface area contributed by atoms with Crippen LogP contribution >= 0.6 is 0 Å². The van der Waals surface area contributed by atoms with Gasteiger partial charge in [-0.2, -0.15) is 0 Å². The predicted molar refractivity (Wildman–Crippen MR) is 76.1 cm³/mol. The minimum atomic E-state index is -0.822. The van der Waals surface area contributed by atoms with Crippen molar-refractivity contribution in [3.05, 3.63) is 53.1 Å². The Morgan fingerprint density at radius 1 is 1.05 bits per heavy atom. The Morgan fingerprint density at radius 3 is 2.40 bits per heavy atom. The molecule has 2 aromatic carbocycles. The van der Waals surface area contributed by atoms with Gasteiger partial charge in [0.25, 0.3) is 0 Å². The molecule has 2 aromatic rings. The van der Waals surface area contributed by atoms with Crippen molar-refractivity contribution in [2.45, 2.75) is 26.7 Å². The Kier molecular flexibility index (Phi) is 3.93. The smallest absolute Gasteiger partial charge is 0.156 e. The zero-order valence-electron chi connectivity index (χ0n) is 11.7. The van der Waals surface area contributed by atoms with Crippen LogP contribution in [0.2, 0.25) is 0 Å². The SMILES string of the molecule is Cc1ccc(C(C)C)cc1Oc1cc(F)cc(F)c1N. The zero-order chi connectivity index (χ0) is 14.9. The van der Waals surface area contributed by atoms with Gasteiger partial charge in [0.15, 0.2) is 11.6 Å². The van der Waals surface area contributed by atoms with E-state index in [1.54, 1.807) is 0 Å². The summed E-state index contributed by atoms with van der Waals surface area (Å²) in [5.74, 6) is -0.666. The zero-order valence-corrected chi connectivity index (χ0v) is 11.7. The number of hydrogen-bond acceptors (Lipinski definition) is 2. The minimum Gasteiger partial charge on any atom is -0.455 e. The van der Waals surface area contributed by atoms with E-state index in [0.29, 0.717) is 11.7 Å². The first-order valence-electron chi connectivity index (χ1n) is 6.41. The molecule has 106 valence electrons. The maximum absolute atomic E-state index is 13.4. The summed E-state index contributed by atoms with van der Waals surface area (Å²) in [4.78, 5) is 0. The maximum atomic E-state index is 13.4. The van der Waals surface area contributed by atoms with Crippen molar-refractivity contribution in [2.75, 3.05) is 5.73 Å². The van der Waals surface area contributed by atoms with Gasteiger partial charge in [0.1, 0.15) is 17.3 Å². The standard InChI is InChI=1S/C16H17F2NO/c1-9(2)11-5-4-10(3)14(6-11)20-15-8-12(17)7-13(18)16(15)19/h4-9H,19H2,1-3H3. The van der Waals surface area contributed by atoms with Crippen LogP contribution in [-0.2, 0) is 0 Å². The quantitative estimate of drug-likeness (QED) is 0.820. The molecule has 0 amide bonds. The van der Waals surface area contributed by atoms with Gasteiger partial charge in [-0.25, -0.2) is 8.78 Å². The van der Waals surface area contributed by atoms with Crippen molar-refractivity contribution in [3.63, 3.8) is 0 Å². The van der Waals surface area contributed by atoms with Crippen molar-refractivity contribution < 1.29 is 13.5 Å². The van der Waals surface area contributed by atoms with Gasteiger partial charge in [0, 0.05) is 12.1 Å². The lowest BCUT2D eigenvalue weighted by Crippen LogP contribution is -1.99. The highest BCUT2D eigenvalue weighted by molar-refractivity contribution is 5.56. The van der Waals surface area contributed by atoms with E-state index >= 15 is 0 Å². The van der Waals surface area contributed by atoms with Crippen LogP contribution in [0.1, 0.15) is 30.9 Å².